The second kappa shape index (κ2) is 10.7. The lowest BCUT2D eigenvalue weighted by molar-refractivity contribution is -0.119. The average Bonchev–Trinajstić information content (AvgIpc) is 2.86. The molecule has 9 heteroatoms. The van der Waals surface area contributed by atoms with Crippen LogP contribution in [0.3, 0.4) is 0 Å². The predicted molar refractivity (Wildman–Crippen MR) is 125 cm³/mol. The second-order valence-corrected chi connectivity index (χ2v) is 8.85. The molecule has 1 amide bonds. The summed E-state index contributed by atoms with van der Waals surface area (Å²) in [5.74, 6) is 1.12. The first-order valence-corrected chi connectivity index (χ1v) is 11.5. The van der Waals surface area contributed by atoms with E-state index < -0.39 is 22.5 Å². The molecule has 0 aromatic heterocycles. The molecule has 33 heavy (non-hydrogen) atoms. The van der Waals surface area contributed by atoms with Gasteiger partial charge in [0, 0.05) is 12.6 Å². The van der Waals surface area contributed by atoms with Crippen LogP contribution in [0.15, 0.2) is 77.7 Å². The van der Waals surface area contributed by atoms with Crippen LogP contribution in [0.2, 0.25) is 0 Å². The SMILES string of the molecule is COc1cccc(N(CC(=O)NCc2ccc(OC)c(OC)c2)S(=O)(=O)c2ccccc2)c1. The topological polar surface area (TPSA) is 94.2 Å². The van der Waals surface area contributed by atoms with E-state index in [4.69, 9.17) is 14.2 Å². The zero-order valence-electron chi connectivity index (χ0n) is 18.6. The Morgan fingerprint density at radius 1 is 0.848 bits per heavy atom. The summed E-state index contributed by atoms with van der Waals surface area (Å²) >= 11 is 0. The van der Waals surface area contributed by atoms with Gasteiger partial charge in [-0.25, -0.2) is 8.42 Å². The minimum absolute atomic E-state index is 0.0838. The van der Waals surface area contributed by atoms with E-state index in [9.17, 15) is 13.2 Å². The number of hydrogen-bond donors (Lipinski definition) is 1. The number of rotatable bonds is 10. The van der Waals surface area contributed by atoms with Gasteiger partial charge in [0.05, 0.1) is 31.9 Å². The van der Waals surface area contributed by atoms with Crippen LogP contribution in [0.1, 0.15) is 5.56 Å². The highest BCUT2D eigenvalue weighted by Crippen LogP contribution is 2.28. The summed E-state index contributed by atoms with van der Waals surface area (Å²) in [6.07, 6.45) is 0. The van der Waals surface area contributed by atoms with Crippen LogP contribution in [-0.2, 0) is 21.4 Å². The maximum atomic E-state index is 13.4. The molecule has 0 heterocycles. The van der Waals surface area contributed by atoms with Gasteiger partial charge in [-0.15, -0.1) is 0 Å². The molecule has 0 aliphatic rings. The number of anilines is 1. The van der Waals surface area contributed by atoms with E-state index in [1.54, 1.807) is 67.8 Å². The Bertz CT molecular complexity index is 1200. The van der Waals surface area contributed by atoms with E-state index in [1.165, 1.54) is 26.4 Å². The van der Waals surface area contributed by atoms with Gasteiger partial charge in [-0.2, -0.15) is 0 Å². The Morgan fingerprint density at radius 2 is 1.58 bits per heavy atom. The summed E-state index contributed by atoms with van der Waals surface area (Å²) in [5, 5.41) is 2.77. The zero-order chi connectivity index (χ0) is 23.8. The van der Waals surface area contributed by atoms with Gasteiger partial charge >= 0.3 is 0 Å². The summed E-state index contributed by atoms with van der Waals surface area (Å²) in [4.78, 5) is 12.9. The van der Waals surface area contributed by atoms with Crippen molar-refractivity contribution in [3.05, 3.63) is 78.4 Å². The van der Waals surface area contributed by atoms with Crippen molar-refractivity contribution >= 4 is 21.6 Å². The van der Waals surface area contributed by atoms with E-state index in [0.29, 0.717) is 22.9 Å². The smallest absolute Gasteiger partial charge is 0.264 e. The molecule has 0 radical (unpaired) electrons. The molecule has 3 aromatic carbocycles. The van der Waals surface area contributed by atoms with Crippen molar-refractivity contribution in [3.63, 3.8) is 0 Å². The van der Waals surface area contributed by atoms with Gasteiger partial charge in [-0.3, -0.25) is 9.10 Å². The lowest BCUT2D eigenvalue weighted by Crippen LogP contribution is -2.40. The number of benzene rings is 3. The summed E-state index contributed by atoms with van der Waals surface area (Å²) in [6, 6.07) is 19.8. The number of amides is 1. The Labute approximate surface area is 193 Å². The van der Waals surface area contributed by atoms with Crippen LogP contribution in [0, 0.1) is 0 Å². The van der Waals surface area contributed by atoms with Crippen molar-refractivity contribution in [2.24, 2.45) is 0 Å². The van der Waals surface area contributed by atoms with E-state index in [-0.39, 0.29) is 11.4 Å². The molecule has 0 saturated heterocycles. The van der Waals surface area contributed by atoms with Crippen LogP contribution in [0.25, 0.3) is 0 Å². The number of ether oxygens (including phenoxy) is 3. The Hall–Kier alpha value is -3.72. The number of nitrogens with zero attached hydrogens (tertiary/aromatic N) is 1. The molecule has 1 N–H and O–H groups in total. The Morgan fingerprint density at radius 3 is 2.24 bits per heavy atom. The van der Waals surface area contributed by atoms with Crippen molar-refractivity contribution in [1.82, 2.24) is 5.32 Å². The van der Waals surface area contributed by atoms with Gasteiger partial charge < -0.3 is 19.5 Å². The van der Waals surface area contributed by atoms with E-state index in [1.807, 2.05) is 0 Å². The highest BCUT2D eigenvalue weighted by molar-refractivity contribution is 7.92. The van der Waals surface area contributed by atoms with Crippen molar-refractivity contribution in [1.29, 1.82) is 0 Å². The van der Waals surface area contributed by atoms with Crippen LogP contribution < -0.4 is 23.8 Å². The minimum Gasteiger partial charge on any atom is -0.497 e. The number of methoxy groups -OCH3 is 3. The van der Waals surface area contributed by atoms with E-state index in [2.05, 4.69) is 5.32 Å². The number of sulfonamides is 1. The third-order valence-corrected chi connectivity index (χ3v) is 6.69. The molecule has 0 aliphatic carbocycles. The molecule has 3 rings (SSSR count). The zero-order valence-corrected chi connectivity index (χ0v) is 19.5. The first-order chi connectivity index (χ1) is 15.9. The molecule has 3 aromatic rings. The number of carbonyl (C=O) groups excluding carboxylic acids is 1. The van der Waals surface area contributed by atoms with E-state index in [0.717, 1.165) is 9.87 Å². The molecular weight excluding hydrogens is 444 g/mol. The molecule has 0 aliphatic heterocycles. The molecule has 174 valence electrons. The highest BCUT2D eigenvalue weighted by Gasteiger charge is 2.27. The third-order valence-electron chi connectivity index (χ3n) is 4.90. The van der Waals surface area contributed by atoms with Crippen LogP contribution in [0.4, 0.5) is 5.69 Å². The molecule has 0 fully saturated rings. The maximum absolute atomic E-state index is 13.4. The van der Waals surface area contributed by atoms with Gasteiger partial charge in [0.1, 0.15) is 12.3 Å². The van der Waals surface area contributed by atoms with Gasteiger partial charge in [0.15, 0.2) is 11.5 Å². The summed E-state index contributed by atoms with van der Waals surface area (Å²) in [6.45, 7) is -0.214. The summed E-state index contributed by atoms with van der Waals surface area (Å²) < 4.78 is 43.5. The fourth-order valence-electron chi connectivity index (χ4n) is 3.18. The molecule has 0 saturated carbocycles. The van der Waals surface area contributed by atoms with Gasteiger partial charge in [-0.05, 0) is 42.0 Å². The quantitative estimate of drug-likeness (QED) is 0.489. The molecule has 0 unspecified atom stereocenters. The summed E-state index contributed by atoms with van der Waals surface area (Å²) in [5.41, 5.74) is 1.10. The van der Waals surface area contributed by atoms with Crippen LogP contribution in [-0.4, -0.2) is 42.2 Å². The lowest BCUT2D eigenvalue weighted by Gasteiger charge is -2.24. The highest BCUT2D eigenvalue weighted by atomic mass is 32.2. The predicted octanol–water partition coefficient (Wildman–Crippen LogP) is 3.22. The van der Waals surface area contributed by atoms with Gasteiger partial charge in [-0.1, -0.05) is 30.3 Å². The fraction of sp³-hybridized carbons (Fsp3) is 0.208. The maximum Gasteiger partial charge on any atom is 0.264 e. The Balaban J connectivity index is 1.83. The number of nitrogens with one attached hydrogen (secondary N) is 1. The first-order valence-electron chi connectivity index (χ1n) is 10.1. The molecule has 8 nitrogen and oxygen atoms in total. The van der Waals surface area contributed by atoms with Crippen molar-refractivity contribution in [3.8, 4) is 17.2 Å². The van der Waals surface area contributed by atoms with Crippen LogP contribution >= 0.6 is 0 Å². The fourth-order valence-corrected chi connectivity index (χ4v) is 4.61. The third kappa shape index (κ3) is 5.75. The van der Waals surface area contributed by atoms with E-state index >= 15 is 0 Å². The molecule has 0 spiro atoms. The lowest BCUT2D eigenvalue weighted by atomic mass is 10.2. The van der Waals surface area contributed by atoms with Crippen molar-refractivity contribution < 1.29 is 27.4 Å². The summed E-state index contributed by atoms with van der Waals surface area (Å²) in [7, 11) is 0.564. The average molecular weight is 471 g/mol. The second-order valence-electron chi connectivity index (χ2n) is 6.99. The van der Waals surface area contributed by atoms with Crippen LogP contribution in [0.5, 0.6) is 17.2 Å². The molecular formula is C24H26N2O6S. The minimum atomic E-state index is -4.00. The first kappa shape index (κ1) is 23.9. The number of carbonyl (C=O) groups is 1. The van der Waals surface area contributed by atoms with Gasteiger partial charge in [0.25, 0.3) is 10.0 Å². The molecule has 0 atom stereocenters. The van der Waals surface area contributed by atoms with Crippen molar-refractivity contribution in [2.75, 3.05) is 32.2 Å². The van der Waals surface area contributed by atoms with Crippen molar-refractivity contribution in [2.45, 2.75) is 11.4 Å². The monoisotopic (exact) mass is 470 g/mol. The molecule has 0 bridgehead atoms. The van der Waals surface area contributed by atoms with Gasteiger partial charge in [0.2, 0.25) is 5.91 Å². The normalized spacial score (nSPS) is 10.9. The largest absolute Gasteiger partial charge is 0.497 e. The number of hydrogen-bond acceptors (Lipinski definition) is 6. The Kier molecular flexibility index (Phi) is 7.78. The standard InChI is InChI=1S/C24H26N2O6S/c1-30-20-9-7-8-19(15-20)26(33(28,29)21-10-5-4-6-11-21)17-24(27)25-16-18-12-13-22(31-2)23(14-18)32-3/h4-15H,16-17H2,1-3H3,(H,25,27).